The number of nitrogens with one attached hydrogen (secondary N) is 4. The molecule has 1 aromatic heterocycles. The number of hydrogen-bond donors (Lipinski definition) is 4. The van der Waals surface area contributed by atoms with E-state index in [0.717, 1.165) is 27.5 Å². The van der Waals surface area contributed by atoms with E-state index in [1.54, 1.807) is 36.4 Å². The highest BCUT2D eigenvalue weighted by atomic mass is 19.4. The highest BCUT2D eigenvalue weighted by molar-refractivity contribution is 6.22. The third-order valence-corrected chi connectivity index (χ3v) is 9.67. The second kappa shape index (κ2) is 15.2. The van der Waals surface area contributed by atoms with Crippen LogP contribution in [0.3, 0.4) is 0 Å². The van der Waals surface area contributed by atoms with Crippen LogP contribution in [0.4, 0.5) is 46.5 Å². The molecule has 18 heteroatoms. The lowest BCUT2D eigenvalue weighted by Crippen LogP contribution is -2.58. The SMILES string of the molecule is CNC(=O)c1ccccc1Nc1cc(Nc2ccc(N3CCN(Cc4ccc5c(c4)C(=O)N(N4CCC(=O)NC4=O)C5=O)CC3)cc2OC)ncc1C(F)(F)F. The van der Waals surface area contributed by atoms with Gasteiger partial charge in [0.1, 0.15) is 11.6 Å². The van der Waals surface area contributed by atoms with E-state index in [2.05, 4.69) is 36.1 Å². The molecule has 0 spiro atoms. The van der Waals surface area contributed by atoms with E-state index < -0.39 is 41.4 Å². The minimum atomic E-state index is -4.72. The number of anilines is 5. The zero-order valence-electron chi connectivity index (χ0n) is 30.2. The molecule has 6 amide bonds. The van der Waals surface area contributed by atoms with Gasteiger partial charge in [0, 0.05) is 70.2 Å². The van der Waals surface area contributed by atoms with Gasteiger partial charge < -0.3 is 25.6 Å². The van der Waals surface area contributed by atoms with E-state index in [-0.39, 0.29) is 46.8 Å². The maximum atomic E-state index is 14.0. The normalized spacial score (nSPS) is 16.1. The number of hydrogen-bond acceptors (Lipinski definition) is 11. The number of benzene rings is 3. The van der Waals surface area contributed by atoms with Crippen LogP contribution in [0.5, 0.6) is 5.75 Å². The molecule has 0 unspecified atom stereocenters. The van der Waals surface area contributed by atoms with Crippen LogP contribution in [0.15, 0.2) is 72.9 Å². The first-order valence-electron chi connectivity index (χ1n) is 17.6. The highest BCUT2D eigenvalue weighted by Crippen LogP contribution is 2.39. The van der Waals surface area contributed by atoms with Crippen molar-refractivity contribution in [3.05, 3.63) is 101 Å². The second-order valence-corrected chi connectivity index (χ2v) is 13.2. The van der Waals surface area contributed by atoms with E-state index in [4.69, 9.17) is 4.74 Å². The van der Waals surface area contributed by atoms with Crippen molar-refractivity contribution in [2.75, 3.05) is 62.4 Å². The molecule has 2 saturated heterocycles. The molecule has 0 saturated carbocycles. The highest BCUT2D eigenvalue weighted by Gasteiger charge is 2.43. The predicted molar refractivity (Wildman–Crippen MR) is 198 cm³/mol. The summed E-state index contributed by atoms with van der Waals surface area (Å²) < 4.78 is 47.7. The van der Waals surface area contributed by atoms with Gasteiger partial charge in [-0.2, -0.15) is 18.2 Å². The summed E-state index contributed by atoms with van der Waals surface area (Å²) in [4.78, 5) is 70.9. The Labute approximate surface area is 318 Å². The van der Waals surface area contributed by atoms with Crippen molar-refractivity contribution >= 4 is 58.2 Å². The molecule has 56 heavy (non-hydrogen) atoms. The van der Waals surface area contributed by atoms with Crippen molar-refractivity contribution in [2.24, 2.45) is 0 Å². The number of urea groups is 1. The number of alkyl halides is 3. The Hall–Kier alpha value is -6.69. The minimum absolute atomic E-state index is 0.0252. The molecule has 290 valence electrons. The molecule has 0 radical (unpaired) electrons. The minimum Gasteiger partial charge on any atom is -0.494 e. The van der Waals surface area contributed by atoms with Crippen LogP contribution >= 0.6 is 0 Å². The summed E-state index contributed by atoms with van der Waals surface area (Å²) in [6.45, 7) is 3.10. The molecule has 4 heterocycles. The molecule has 0 aliphatic carbocycles. The Kier molecular flexibility index (Phi) is 10.2. The first-order valence-corrected chi connectivity index (χ1v) is 17.6. The number of amides is 6. The predicted octanol–water partition coefficient (Wildman–Crippen LogP) is 4.73. The van der Waals surface area contributed by atoms with E-state index in [1.807, 2.05) is 12.1 Å². The van der Waals surface area contributed by atoms with Crippen LogP contribution in [0.25, 0.3) is 0 Å². The third-order valence-electron chi connectivity index (χ3n) is 9.67. The Morgan fingerprint density at radius 2 is 1.61 bits per heavy atom. The summed E-state index contributed by atoms with van der Waals surface area (Å²) in [6.07, 6.45) is -4.02. The lowest BCUT2D eigenvalue weighted by molar-refractivity contribution is -0.137. The molecule has 4 N–H and O–H groups in total. The Morgan fingerprint density at radius 1 is 0.857 bits per heavy atom. The van der Waals surface area contributed by atoms with Crippen LogP contribution in [0.1, 0.15) is 48.6 Å². The summed E-state index contributed by atoms with van der Waals surface area (Å²) >= 11 is 0. The van der Waals surface area contributed by atoms with Gasteiger partial charge >= 0.3 is 12.2 Å². The fraction of sp³-hybridized carbons (Fsp3) is 0.263. The van der Waals surface area contributed by atoms with Gasteiger partial charge in [-0.15, -0.1) is 0 Å². The number of hydrazine groups is 1. The van der Waals surface area contributed by atoms with Crippen LogP contribution < -0.4 is 30.9 Å². The van der Waals surface area contributed by atoms with Crippen LogP contribution in [-0.4, -0.2) is 96.4 Å². The lowest BCUT2D eigenvalue weighted by Gasteiger charge is -2.36. The monoisotopic (exact) mass is 771 g/mol. The number of imide groups is 2. The largest absolute Gasteiger partial charge is 0.494 e. The van der Waals surface area contributed by atoms with Crippen molar-refractivity contribution in [1.29, 1.82) is 0 Å². The fourth-order valence-corrected chi connectivity index (χ4v) is 6.80. The van der Waals surface area contributed by atoms with Crippen molar-refractivity contribution in [3.63, 3.8) is 0 Å². The van der Waals surface area contributed by atoms with Gasteiger partial charge in [0.05, 0.1) is 53.0 Å². The number of halogens is 3. The summed E-state index contributed by atoms with van der Waals surface area (Å²) in [5, 5.41) is 12.2. The summed E-state index contributed by atoms with van der Waals surface area (Å²) in [5.74, 6) is -1.63. The molecule has 0 atom stereocenters. The number of nitrogens with zero attached hydrogens (tertiary/aromatic N) is 5. The maximum absolute atomic E-state index is 14.0. The molecule has 15 nitrogen and oxygen atoms in total. The molecule has 2 fully saturated rings. The molecule has 3 aliphatic rings. The van der Waals surface area contributed by atoms with Crippen LogP contribution in [0, 0.1) is 0 Å². The smallest absolute Gasteiger partial charge is 0.419 e. The zero-order chi connectivity index (χ0) is 39.7. The van der Waals surface area contributed by atoms with E-state index >= 15 is 0 Å². The van der Waals surface area contributed by atoms with Crippen molar-refractivity contribution < 1.29 is 41.9 Å². The molecule has 0 bridgehead atoms. The number of carbonyl (C=O) groups excluding carboxylic acids is 5. The number of carbonyl (C=O) groups is 5. The quantitative estimate of drug-likeness (QED) is 0.165. The van der Waals surface area contributed by atoms with E-state index in [9.17, 15) is 37.1 Å². The summed E-state index contributed by atoms with van der Waals surface area (Å²) in [7, 11) is 2.92. The summed E-state index contributed by atoms with van der Waals surface area (Å²) in [5.41, 5.74) is 1.59. The number of ether oxygens (including phenoxy) is 1. The molecule has 3 aromatic carbocycles. The van der Waals surface area contributed by atoms with Gasteiger partial charge in [-0.1, -0.05) is 18.2 Å². The van der Waals surface area contributed by atoms with E-state index in [1.165, 1.54) is 32.4 Å². The Balaban J connectivity index is 1.00. The third kappa shape index (κ3) is 7.50. The number of rotatable bonds is 10. The van der Waals surface area contributed by atoms with Crippen LogP contribution in [0.2, 0.25) is 0 Å². The number of methoxy groups -OCH3 is 1. The topological polar surface area (TPSA) is 169 Å². The molecule has 4 aromatic rings. The fourth-order valence-electron chi connectivity index (χ4n) is 6.80. The molecule has 3 aliphatic heterocycles. The van der Waals surface area contributed by atoms with Crippen molar-refractivity contribution in [3.8, 4) is 5.75 Å². The van der Waals surface area contributed by atoms with Gasteiger partial charge in [-0.25, -0.2) is 14.8 Å². The molecular weight excluding hydrogens is 735 g/mol. The summed E-state index contributed by atoms with van der Waals surface area (Å²) in [6, 6.07) is 17.1. The van der Waals surface area contributed by atoms with E-state index in [0.29, 0.717) is 44.2 Å². The van der Waals surface area contributed by atoms with Gasteiger partial charge in [0.25, 0.3) is 17.7 Å². The van der Waals surface area contributed by atoms with Gasteiger partial charge in [0.15, 0.2) is 0 Å². The molecule has 7 rings (SSSR count). The molecular formula is C38H36F3N9O6. The standard InChI is InChI=1S/C38H36F3N9O6/c1-42-34(52)25-5-3-4-6-28(25)44-30-19-32(43-20-27(30)38(39,40)41)45-29-10-8-23(18-31(29)56-2)48-15-13-47(14-16-48)21-22-7-9-24-26(17-22)36(54)50(35(24)53)49-12-11-33(51)46-37(49)55/h3-10,17-20H,11-16,21H2,1-2H3,(H,42,52)(H2,43,44,45)(H,46,51,55). The zero-order valence-corrected chi connectivity index (χ0v) is 30.2. The number of aromatic nitrogens is 1. The van der Waals surface area contributed by atoms with Gasteiger partial charge in [0.2, 0.25) is 5.91 Å². The van der Waals surface area contributed by atoms with Gasteiger partial charge in [-0.3, -0.25) is 29.4 Å². The lowest BCUT2D eigenvalue weighted by atomic mass is 10.1. The second-order valence-electron chi connectivity index (χ2n) is 13.2. The van der Waals surface area contributed by atoms with Crippen molar-refractivity contribution in [2.45, 2.75) is 19.1 Å². The number of pyridine rings is 1. The number of fused-ring (bicyclic) bond motifs is 1. The average Bonchev–Trinajstić information content (AvgIpc) is 3.42. The Morgan fingerprint density at radius 3 is 2.32 bits per heavy atom. The van der Waals surface area contributed by atoms with Crippen molar-refractivity contribution in [1.82, 2.24) is 30.5 Å². The number of para-hydroxylation sites is 1. The first kappa shape index (κ1) is 37.6. The van der Waals surface area contributed by atoms with Gasteiger partial charge in [-0.05, 0) is 42.0 Å². The average molecular weight is 772 g/mol. The first-order chi connectivity index (χ1) is 26.8. The van der Waals surface area contributed by atoms with Crippen LogP contribution in [-0.2, 0) is 17.5 Å². The maximum Gasteiger partial charge on any atom is 0.419 e. The Bertz CT molecular complexity index is 2240. The number of piperazine rings is 1.